The molecule has 0 saturated carbocycles. The quantitative estimate of drug-likeness (QED) is 0.574. The first-order valence-electron chi connectivity index (χ1n) is 11.8. The average Bonchev–Trinajstić information content (AvgIpc) is 2.82. The molecule has 0 spiro atoms. The summed E-state index contributed by atoms with van der Waals surface area (Å²) in [6.07, 6.45) is 1.99. The molecule has 0 N–H and O–H groups in total. The molecule has 4 rings (SSSR count). The van der Waals surface area contributed by atoms with Crippen molar-refractivity contribution in [2.24, 2.45) is 7.05 Å². The van der Waals surface area contributed by atoms with Crippen LogP contribution in [0.4, 0.5) is 5.69 Å². The van der Waals surface area contributed by atoms with E-state index in [4.69, 9.17) is 4.74 Å². The Kier molecular flexibility index (Phi) is 6.58. The molecule has 8 nitrogen and oxygen atoms in total. The molecule has 0 radical (unpaired) electrons. The molecule has 4 heterocycles. The number of nitriles is 1. The van der Waals surface area contributed by atoms with Crippen LogP contribution in [0.1, 0.15) is 51.9 Å². The predicted octanol–water partition coefficient (Wildman–Crippen LogP) is 3.65. The maximum Gasteiger partial charge on any atom is 0.252 e. The summed E-state index contributed by atoms with van der Waals surface area (Å²) in [6, 6.07) is 11.8. The van der Waals surface area contributed by atoms with E-state index in [9.17, 15) is 10.1 Å². The zero-order valence-corrected chi connectivity index (χ0v) is 20.7. The zero-order chi connectivity index (χ0) is 24.6. The van der Waals surface area contributed by atoms with Crippen molar-refractivity contribution in [1.29, 1.82) is 5.26 Å². The van der Waals surface area contributed by atoms with Gasteiger partial charge in [0.15, 0.2) is 0 Å². The van der Waals surface area contributed by atoms with Crippen LogP contribution in [0.3, 0.4) is 0 Å². The Morgan fingerprint density at radius 1 is 1.12 bits per heavy atom. The lowest BCUT2D eigenvalue weighted by molar-refractivity contribution is 0.119. The lowest BCUT2D eigenvalue weighted by Gasteiger charge is -2.47. The van der Waals surface area contributed by atoms with Crippen LogP contribution < -0.4 is 15.2 Å². The van der Waals surface area contributed by atoms with Crippen molar-refractivity contribution in [1.82, 2.24) is 19.4 Å². The van der Waals surface area contributed by atoms with Gasteiger partial charge in [-0.05, 0) is 52.3 Å². The molecule has 1 saturated heterocycles. The zero-order valence-electron chi connectivity index (χ0n) is 20.7. The number of hydrogen-bond donors (Lipinski definition) is 0. The van der Waals surface area contributed by atoms with E-state index in [1.165, 1.54) is 0 Å². The molecule has 1 unspecified atom stereocenters. The van der Waals surface area contributed by atoms with Gasteiger partial charge in [-0.1, -0.05) is 6.07 Å². The minimum absolute atomic E-state index is 0.0839. The molecule has 0 bridgehead atoms. The standard InChI is InChI=1S/C26H32N6O2/c1-16(2)34-24-10-7-20(13-28-24)19(5)31-14-18(4)32(15-17(31)3)23-11-25(33)30(6)22-9-8-21(12-27)29-26(22)23/h7-11,13,16-19H,14-15H2,1-6H3/t17-,18+,19?/m1/s1. The second kappa shape index (κ2) is 9.43. The molecule has 3 aromatic rings. The lowest BCUT2D eigenvalue weighted by atomic mass is 10.0. The summed E-state index contributed by atoms with van der Waals surface area (Å²) in [5.74, 6) is 0.638. The average molecular weight is 461 g/mol. The summed E-state index contributed by atoms with van der Waals surface area (Å²) in [4.78, 5) is 26.5. The SMILES string of the molecule is CC(C)Oc1ccc(C(C)N2C[C@H](C)N(c3cc(=O)n(C)c4ccc(C#N)nc34)C[C@H]2C)cn1. The number of hydrogen-bond acceptors (Lipinski definition) is 7. The first-order chi connectivity index (χ1) is 16.2. The Labute approximate surface area is 200 Å². The van der Waals surface area contributed by atoms with Gasteiger partial charge in [0.2, 0.25) is 5.88 Å². The van der Waals surface area contributed by atoms with Crippen LogP contribution in [0, 0.1) is 11.3 Å². The van der Waals surface area contributed by atoms with Gasteiger partial charge in [0.25, 0.3) is 5.56 Å². The highest BCUT2D eigenvalue weighted by Gasteiger charge is 2.33. The van der Waals surface area contributed by atoms with Crippen LogP contribution in [-0.4, -0.2) is 50.7 Å². The van der Waals surface area contributed by atoms with Crippen molar-refractivity contribution in [2.75, 3.05) is 18.0 Å². The number of fused-ring (bicyclic) bond motifs is 1. The maximum atomic E-state index is 12.7. The van der Waals surface area contributed by atoms with Gasteiger partial charge < -0.3 is 14.2 Å². The summed E-state index contributed by atoms with van der Waals surface area (Å²) in [5, 5.41) is 9.37. The van der Waals surface area contributed by atoms with E-state index in [0.29, 0.717) is 17.1 Å². The number of aryl methyl sites for hydroxylation is 1. The Bertz CT molecular complexity index is 1280. The fourth-order valence-corrected chi connectivity index (χ4v) is 4.76. The van der Waals surface area contributed by atoms with Gasteiger partial charge in [-0.2, -0.15) is 5.26 Å². The summed E-state index contributed by atoms with van der Waals surface area (Å²) in [5.41, 5.74) is 3.61. The molecule has 34 heavy (non-hydrogen) atoms. The van der Waals surface area contributed by atoms with Gasteiger partial charge in [-0.3, -0.25) is 9.69 Å². The minimum atomic E-state index is -0.0839. The number of aromatic nitrogens is 3. The third kappa shape index (κ3) is 4.48. The number of piperazine rings is 1. The van der Waals surface area contributed by atoms with E-state index < -0.39 is 0 Å². The van der Waals surface area contributed by atoms with Crippen molar-refractivity contribution in [3.05, 3.63) is 58.1 Å². The number of nitrogens with zero attached hydrogens (tertiary/aromatic N) is 6. The van der Waals surface area contributed by atoms with Crippen molar-refractivity contribution in [3.63, 3.8) is 0 Å². The van der Waals surface area contributed by atoms with E-state index in [-0.39, 0.29) is 29.8 Å². The second-order valence-corrected chi connectivity index (χ2v) is 9.42. The van der Waals surface area contributed by atoms with E-state index in [0.717, 1.165) is 29.9 Å². The summed E-state index contributed by atoms with van der Waals surface area (Å²) in [6.45, 7) is 12.1. The molecule has 3 atom stereocenters. The van der Waals surface area contributed by atoms with Crippen LogP contribution in [0.25, 0.3) is 11.0 Å². The molecule has 1 aliphatic heterocycles. The Morgan fingerprint density at radius 3 is 2.53 bits per heavy atom. The van der Waals surface area contributed by atoms with Crippen molar-refractivity contribution in [3.8, 4) is 11.9 Å². The molecular weight excluding hydrogens is 428 g/mol. The molecule has 1 aliphatic rings. The van der Waals surface area contributed by atoms with E-state index in [1.807, 2.05) is 26.1 Å². The van der Waals surface area contributed by atoms with Gasteiger partial charge in [0.1, 0.15) is 17.3 Å². The predicted molar refractivity (Wildman–Crippen MR) is 133 cm³/mol. The highest BCUT2D eigenvalue weighted by Crippen LogP contribution is 2.32. The third-order valence-corrected chi connectivity index (χ3v) is 6.62. The number of ether oxygens (including phenoxy) is 1. The summed E-state index contributed by atoms with van der Waals surface area (Å²) < 4.78 is 7.26. The topological polar surface area (TPSA) is 87.3 Å². The van der Waals surface area contributed by atoms with E-state index >= 15 is 0 Å². The monoisotopic (exact) mass is 460 g/mol. The number of pyridine rings is 3. The number of anilines is 1. The summed E-state index contributed by atoms with van der Waals surface area (Å²) >= 11 is 0. The van der Waals surface area contributed by atoms with Crippen LogP contribution in [-0.2, 0) is 7.05 Å². The van der Waals surface area contributed by atoms with Crippen molar-refractivity contribution < 1.29 is 4.74 Å². The summed E-state index contributed by atoms with van der Waals surface area (Å²) in [7, 11) is 1.74. The Morgan fingerprint density at radius 2 is 1.88 bits per heavy atom. The van der Waals surface area contributed by atoms with Gasteiger partial charge >= 0.3 is 0 Å². The van der Waals surface area contributed by atoms with Crippen molar-refractivity contribution >= 4 is 16.7 Å². The fourth-order valence-electron chi connectivity index (χ4n) is 4.76. The van der Waals surface area contributed by atoms with E-state index in [1.54, 1.807) is 29.8 Å². The molecule has 0 aliphatic carbocycles. The molecule has 1 fully saturated rings. The minimum Gasteiger partial charge on any atom is -0.475 e. The molecule has 0 aromatic carbocycles. The van der Waals surface area contributed by atoms with E-state index in [2.05, 4.69) is 52.7 Å². The van der Waals surface area contributed by atoms with Gasteiger partial charge in [-0.15, -0.1) is 0 Å². The third-order valence-electron chi connectivity index (χ3n) is 6.62. The largest absolute Gasteiger partial charge is 0.475 e. The first kappa shape index (κ1) is 23.7. The fraction of sp³-hybridized carbons (Fsp3) is 0.462. The normalized spacial score (nSPS) is 19.9. The molecule has 8 heteroatoms. The number of rotatable bonds is 5. The molecule has 178 valence electrons. The highest BCUT2D eigenvalue weighted by molar-refractivity contribution is 5.89. The van der Waals surface area contributed by atoms with Crippen LogP contribution in [0.5, 0.6) is 5.88 Å². The van der Waals surface area contributed by atoms with Gasteiger partial charge in [0, 0.05) is 56.6 Å². The Hall–Kier alpha value is -3.44. The van der Waals surface area contributed by atoms with Gasteiger partial charge in [-0.25, -0.2) is 9.97 Å². The van der Waals surface area contributed by atoms with Crippen molar-refractivity contribution in [2.45, 2.75) is 58.8 Å². The molecule has 0 amide bonds. The van der Waals surface area contributed by atoms with Crippen LogP contribution >= 0.6 is 0 Å². The van der Waals surface area contributed by atoms with Crippen LogP contribution in [0.2, 0.25) is 0 Å². The lowest BCUT2D eigenvalue weighted by Crippen LogP contribution is -2.57. The second-order valence-electron chi connectivity index (χ2n) is 9.42. The van der Waals surface area contributed by atoms with Gasteiger partial charge in [0.05, 0.1) is 17.3 Å². The highest BCUT2D eigenvalue weighted by atomic mass is 16.5. The van der Waals surface area contributed by atoms with Crippen LogP contribution in [0.15, 0.2) is 41.3 Å². The molecule has 3 aromatic heterocycles. The maximum absolute atomic E-state index is 12.7. The molecular formula is C26H32N6O2. The first-order valence-corrected chi connectivity index (χ1v) is 11.8. The Balaban J connectivity index is 1.61. The smallest absolute Gasteiger partial charge is 0.252 e.